The molecule has 0 saturated carbocycles. The minimum Gasteiger partial charge on any atom is -0.422 e. The molecule has 0 spiro atoms. The predicted octanol–water partition coefficient (Wildman–Crippen LogP) is 11.1. The van der Waals surface area contributed by atoms with Crippen molar-refractivity contribution in [2.24, 2.45) is 0 Å². The van der Waals surface area contributed by atoms with Crippen molar-refractivity contribution < 1.29 is 8.83 Å². The summed E-state index contributed by atoms with van der Waals surface area (Å²) in [5.41, 5.74) is 6.75. The van der Waals surface area contributed by atoms with E-state index in [1.165, 1.54) is 16.8 Å². The van der Waals surface area contributed by atoms with Crippen molar-refractivity contribution in [3.63, 3.8) is 0 Å². The van der Waals surface area contributed by atoms with Gasteiger partial charge in [-0.2, -0.15) is 0 Å². The van der Waals surface area contributed by atoms with Crippen LogP contribution in [0.4, 0.5) is 11.4 Å². The van der Waals surface area contributed by atoms with Gasteiger partial charge in [0.05, 0.1) is 11.1 Å². The zero-order valence-electron chi connectivity index (χ0n) is 30.0. The zero-order chi connectivity index (χ0) is 34.9. The molecule has 4 aromatic heterocycles. The highest BCUT2D eigenvalue weighted by molar-refractivity contribution is 7.31. The molecule has 6 heterocycles. The van der Waals surface area contributed by atoms with Crippen LogP contribution in [0.2, 0.25) is 0 Å². The van der Waals surface area contributed by atoms with Crippen LogP contribution in [0.25, 0.3) is 52.2 Å². The lowest BCUT2D eigenvalue weighted by Crippen LogP contribution is -2.44. The molecule has 0 amide bonds. The maximum absolute atomic E-state index is 13.7. The van der Waals surface area contributed by atoms with E-state index in [0.29, 0.717) is 16.7 Å². The molecule has 6 aromatic rings. The van der Waals surface area contributed by atoms with Crippen molar-refractivity contribution >= 4 is 65.4 Å². The van der Waals surface area contributed by atoms with E-state index < -0.39 is 0 Å². The summed E-state index contributed by atoms with van der Waals surface area (Å²) in [6.45, 7) is 17.7. The number of hydrogen-bond donors (Lipinski definition) is 0. The average Bonchev–Trinajstić information content (AvgIpc) is 3.66. The van der Waals surface area contributed by atoms with Crippen molar-refractivity contribution in [3.05, 3.63) is 80.5 Å². The van der Waals surface area contributed by atoms with Crippen LogP contribution in [0, 0.1) is 0 Å². The lowest BCUT2D eigenvalue weighted by Gasteiger charge is -2.48. The molecule has 2 aliphatic rings. The number of benzene rings is 2. The fraction of sp³-hybridized carbons (Fsp3) is 0.429. The van der Waals surface area contributed by atoms with E-state index in [1.54, 1.807) is 22.7 Å². The van der Waals surface area contributed by atoms with Crippen molar-refractivity contribution in [1.82, 2.24) is 0 Å². The van der Waals surface area contributed by atoms with Crippen LogP contribution in [0.1, 0.15) is 91.2 Å². The Kier molecular flexibility index (Phi) is 8.26. The lowest BCUT2D eigenvalue weighted by atomic mass is 9.69. The van der Waals surface area contributed by atoms with Crippen LogP contribution in [-0.2, 0) is 10.8 Å². The smallest absolute Gasteiger partial charge is 0.345 e. The fourth-order valence-corrected chi connectivity index (χ4v) is 10.4. The normalized spacial score (nSPS) is 16.4. The van der Waals surface area contributed by atoms with Gasteiger partial charge < -0.3 is 18.6 Å². The number of rotatable bonds is 9. The zero-order valence-corrected chi connectivity index (χ0v) is 31.7. The SMILES string of the molecule is CCCCN(CCCC)c1ccc2cc(-c3cc4sc(-c5cc6cc7c8c(c6oc5=O)C(C)(C)CCN8CCC7(C)C)cc4s3)c(=O)oc2c1. The Morgan fingerprint density at radius 2 is 1.34 bits per heavy atom. The minimum absolute atomic E-state index is 0.0435. The van der Waals surface area contributed by atoms with Crippen LogP contribution in [0.3, 0.4) is 0 Å². The first-order valence-corrected chi connectivity index (χ1v) is 19.9. The van der Waals surface area contributed by atoms with Gasteiger partial charge in [-0.3, -0.25) is 0 Å². The fourth-order valence-electron chi connectivity index (χ4n) is 7.96. The molecule has 50 heavy (non-hydrogen) atoms. The summed E-state index contributed by atoms with van der Waals surface area (Å²) >= 11 is 3.13. The van der Waals surface area contributed by atoms with Crippen LogP contribution in [0.15, 0.2) is 67.0 Å². The molecule has 2 aliphatic heterocycles. The summed E-state index contributed by atoms with van der Waals surface area (Å²) in [6.07, 6.45) is 6.68. The van der Waals surface area contributed by atoms with Gasteiger partial charge in [0, 0.05) is 79.1 Å². The van der Waals surface area contributed by atoms with Gasteiger partial charge in [0.25, 0.3) is 0 Å². The first-order chi connectivity index (χ1) is 24.0. The first-order valence-electron chi connectivity index (χ1n) is 18.2. The average molecular weight is 707 g/mol. The van der Waals surface area contributed by atoms with E-state index in [2.05, 4.69) is 81.7 Å². The van der Waals surface area contributed by atoms with Gasteiger partial charge in [0.15, 0.2) is 0 Å². The topological polar surface area (TPSA) is 66.9 Å². The molecule has 260 valence electrons. The van der Waals surface area contributed by atoms with E-state index in [4.69, 9.17) is 8.83 Å². The van der Waals surface area contributed by atoms with Crippen molar-refractivity contribution in [3.8, 4) is 20.9 Å². The molecule has 8 rings (SSSR count). The van der Waals surface area contributed by atoms with Gasteiger partial charge in [-0.05, 0) is 84.5 Å². The van der Waals surface area contributed by atoms with Crippen LogP contribution >= 0.6 is 22.7 Å². The number of fused-ring (bicyclic) bond motifs is 4. The summed E-state index contributed by atoms with van der Waals surface area (Å²) in [6, 6.07) is 16.6. The van der Waals surface area contributed by atoms with Crippen LogP contribution < -0.4 is 21.1 Å². The monoisotopic (exact) mass is 706 g/mol. The molecule has 0 N–H and O–H groups in total. The van der Waals surface area contributed by atoms with Gasteiger partial charge in [-0.15, -0.1) is 22.7 Å². The molecule has 8 heteroatoms. The highest BCUT2D eigenvalue weighted by atomic mass is 32.1. The molecule has 0 atom stereocenters. The molecular formula is C42H46N2O4S2. The van der Waals surface area contributed by atoms with Crippen molar-refractivity contribution in [1.29, 1.82) is 0 Å². The summed E-state index contributed by atoms with van der Waals surface area (Å²) in [7, 11) is 0. The summed E-state index contributed by atoms with van der Waals surface area (Å²) in [4.78, 5) is 33.7. The molecule has 0 radical (unpaired) electrons. The largest absolute Gasteiger partial charge is 0.422 e. The highest BCUT2D eigenvalue weighted by Gasteiger charge is 2.42. The molecule has 0 fully saturated rings. The Labute approximate surface area is 301 Å². The maximum atomic E-state index is 13.7. The third-order valence-electron chi connectivity index (χ3n) is 11.1. The number of unbranched alkanes of at least 4 members (excludes halogenated alkanes) is 2. The molecule has 0 saturated heterocycles. The Hall–Kier alpha value is -3.88. The Morgan fingerprint density at radius 1 is 0.740 bits per heavy atom. The highest BCUT2D eigenvalue weighted by Crippen LogP contribution is 2.52. The Balaban J connectivity index is 1.15. The minimum atomic E-state index is -0.329. The van der Waals surface area contributed by atoms with E-state index in [0.717, 1.165) is 106 Å². The van der Waals surface area contributed by atoms with Crippen LogP contribution in [0.5, 0.6) is 0 Å². The first kappa shape index (κ1) is 33.3. The Morgan fingerprint density at radius 3 is 1.98 bits per heavy atom. The molecule has 2 aromatic carbocycles. The number of nitrogens with zero attached hydrogens (tertiary/aromatic N) is 2. The van der Waals surface area contributed by atoms with Gasteiger partial charge >= 0.3 is 11.3 Å². The van der Waals surface area contributed by atoms with E-state index in [9.17, 15) is 9.59 Å². The third-order valence-corrected chi connectivity index (χ3v) is 13.5. The quantitative estimate of drug-likeness (QED) is 0.139. The number of hydrogen-bond acceptors (Lipinski definition) is 8. The molecule has 0 bridgehead atoms. The second kappa shape index (κ2) is 12.4. The van der Waals surface area contributed by atoms with Gasteiger partial charge in [0.1, 0.15) is 11.2 Å². The van der Waals surface area contributed by atoms with Gasteiger partial charge in [-0.25, -0.2) is 9.59 Å². The van der Waals surface area contributed by atoms with Crippen molar-refractivity contribution in [2.45, 2.75) is 90.9 Å². The summed E-state index contributed by atoms with van der Waals surface area (Å²) in [5.74, 6) is 0. The van der Waals surface area contributed by atoms with Crippen molar-refractivity contribution in [2.75, 3.05) is 36.0 Å². The Bertz CT molecular complexity index is 2350. The number of thiophene rings is 2. The van der Waals surface area contributed by atoms with E-state index >= 15 is 0 Å². The van der Waals surface area contributed by atoms with Gasteiger partial charge in [-0.1, -0.05) is 54.4 Å². The van der Waals surface area contributed by atoms with E-state index in [1.807, 2.05) is 18.2 Å². The third kappa shape index (κ3) is 5.59. The molecule has 0 aliphatic carbocycles. The molecule has 0 unspecified atom stereocenters. The summed E-state index contributed by atoms with van der Waals surface area (Å²) in [5, 5.41) is 1.91. The van der Waals surface area contributed by atoms with Crippen LogP contribution in [-0.4, -0.2) is 26.2 Å². The maximum Gasteiger partial charge on any atom is 0.345 e. The summed E-state index contributed by atoms with van der Waals surface area (Å²) < 4.78 is 14.3. The molecular weight excluding hydrogens is 661 g/mol. The van der Waals surface area contributed by atoms with E-state index in [-0.39, 0.29) is 22.1 Å². The second-order valence-electron chi connectivity index (χ2n) is 15.6. The predicted molar refractivity (Wildman–Crippen MR) is 212 cm³/mol. The molecule has 6 nitrogen and oxygen atoms in total. The standard InChI is InChI=1S/C42H46N2O4S2/c1-7-9-15-43(16-10-8-2)27-12-11-25-19-28(39(45)47-31(25)22-27)32-23-34-35(49-32)24-33(50-34)29-20-26-21-30-37-36(38(26)48-40(29)46)42(5,6)14-18-44(37)17-13-41(30,3)4/h11-12,19-24H,7-10,13-18H2,1-6H3. The number of anilines is 2. The second-order valence-corrected chi connectivity index (χ2v) is 17.7. The van der Waals surface area contributed by atoms with Gasteiger partial charge in [0.2, 0.25) is 0 Å². The lowest BCUT2D eigenvalue weighted by molar-refractivity contribution is 0.398.